The first-order valence-electron chi connectivity index (χ1n) is 7.18. The zero-order chi connectivity index (χ0) is 13.8. The topological polar surface area (TPSA) is 39.1 Å². The zero-order valence-corrected chi connectivity index (χ0v) is 12.1. The monoisotopic (exact) mass is 257 g/mol. The second-order valence-corrected chi connectivity index (χ2v) is 5.50. The van der Waals surface area contributed by atoms with Crippen LogP contribution >= 0.6 is 0 Å². The molecule has 1 N–H and O–H groups in total. The highest BCUT2D eigenvalue weighted by Gasteiger charge is 2.20. The van der Waals surface area contributed by atoms with Gasteiger partial charge < -0.3 is 10.2 Å². The summed E-state index contributed by atoms with van der Waals surface area (Å²) in [5.74, 6) is 0. The van der Waals surface area contributed by atoms with Crippen molar-refractivity contribution in [2.45, 2.75) is 52.2 Å². The van der Waals surface area contributed by atoms with Gasteiger partial charge in [-0.25, -0.2) is 0 Å². The van der Waals surface area contributed by atoms with Crippen molar-refractivity contribution in [1.82, 2.24) is 5.32 Å². The van der Waals surface area contributed by atoms with Gasteiger partial charge in [0.2, 0.25) is 0 Å². The van der Waals surface area contributed by atoms with Crippen LogP contribution in [0.25, 0.3) is 0 Å². The van der Waals surface area contributed by atoms with E-state index >= 15 is 0 Å². The Morgan fingerprint density at radius 1 is 1.42 bits per heavy atom. The molecule has 19 heavy (non-hydrogen) atoms. The van der Waals surface area contributed by atoms with E-state index < -0.39 is 0 Å². The Hall–Kier alpha value is -1.53. The fourth-order valence-corrected chi connectivity index (χ4v) is 2.40. The summed E-state index contributed by atoms with van der Waals surface area (Å²) >= 11 is 0. The summed E-state index contributed by atoms with van der Waals surface area (Å²) in [7, 11) is 0. The minimum Gasteiger partial charge on any atom is -0.368 e. The maximum atomic E-state index is 9.36. The Labute approximate surface area is 116 Å². The third kappa shape index (κ3) is 3.48. The lowest BCUT2D eigenvalue weighted by Gasteiger charge is -2.28. The molecule has 1 fully saturated rings. The van der Waals surface area contributed by atoms with E-state index in [0.29, 0.717) is 12.1 Å². The van der Waals surface area contributed by atoms with Gasteiger partial charge in [-0.1, -0.05) is 6.07 Å². The van der Waals surface area contributed by atoms with Crippen LogP contribution in [0.3, 0.4) is 0 Å². The van der Waals surface area contributed by atoms with Gasteiger partial charge in [-0.3, -0.25) is 0 Å². The van der Waals surface area contributed by atoms with E-state index in [0.717, 1.165) is 24.3 Å². The van der Waals surface area contributed by atoms with Gasteiger partial charge in [0.25, 0.3) is 0 Å². The van der Waals surface area contributed by atoms with E-state index in [1.165, 1.54) is 18.4 Å². The highest BCUT2D eigenvalue weighted by Crippen LogP contribution is 2.24. The van der Waals surface area contributed by atoms with Crippen molar-refractivity contribution >= 4 is 5.69 Å². The van der Waals surface area contributed by atoms with Gasteiger partial charge in [-0.2, -0.15) is 5.26 Å². The summed E-state index contributed by atoms with van der Waals surface area (Å²) in [6.45, 7) is 8.24. The van der Waals surface area contributed by atoms with E-state index in [1.54, 1.807) is 0 Å². The van der Waals surface area contributed by atoms with Crippen LogP contribution in [0.5, 0.6) is 0 Å². The first-order valence-corrected chi connectivity index (χ1v) is 7.18. The molecule has 2 rings (SSSR count). The van der Waals surface area contributed by atoms with Crippen LogP contribution in [0.4, 0.5) is 5.69 Å². The minimum absolute atomic E-state index is 0.410. The number of benzene rings is 1. The molecule has 0 aliphatic heterocycles. The molecule has 1 aromatic rings. The summed E-state index contributed by atoms with van der Waals surface area (Å²) in [5, 5.41) is 12.8. The molecule has 0 bridgehead atoms. The Kier molecular flexibility index (Phi) is 4.44. The van der Waals surface area contributed by atoms with E-state index in [2.05, 4.69) is 49.2 Å². The van der Waals surface area contributed by atoms with Gasteiger partial charge in [0.05, 0.1) is 11.3 Å². The van der Waals surface area contributed by atoms with E-state index in [1.807, 2.05) is 6.07 Å². The normalized spacial score (nSPS) is 14.5. The van der Waals surface area contributed by atoms with Crippen LogP contribution < -0.4 is 10.2 Å². The van der Waals surface area contributed by atoms with Gasteiger partial charge in [-0.05, 0) is 51.3 Å². The van der Waals surface area contributed by atoms with Crippen molar-refractivity contribution in [3.8, 4) is 6.07 Å². The predicted molar refractivity (Wildman–Crippen MR) is 79.2 cm³/mol. The molecule has 3 heteroatoms. The molecule has 3 nitrogen and oxygen atoms in total. The summed E-state index contributed by atoms with van der Waals surface area (Å²) in [5.41, 5.74) is 3.04. The first kappa shape index (κ1) is 13.9. The highest BCUT2D eigenvalue weighted by molar-refractivity contribution is 5.61. The molecule has 0 aromatic heterocycles. The lowest BCUT2D eigenvalue weighted by molar-refractivity contribution is 0.685. The molecule has 0 amide bonds. The molecule has 1 aliphatic rings. The molecule has 1 saturated carbocycles. The van der Waals surface area contributed by atoms with Crippen molar-refractivity contribution in [2.75, 3.05) is 11.4 Å². The molecule has 102 valence electrons. The summed E-state index contributed by atoms with van der Waals surface area (Å²) in [6.07, 6.45) is 2.58. The molecule has 0 atom stereocenters. The Bertz CT molecular complexity index is 469. The Morgan fingerprint density at radius 2 is 2.16 bits per heavy atom. The van der Waals surface area contributed by atoms with Gasteiger partial charge in [0.1, 0.15) is 6.07 Å². The summed E-state index contributed by atoms with van der Waals surface area (Å²) < 4.78 is 0. The minimum atomic E-state index is 0.410. The maximum Gasteiger partial charge on any atom is 0.101 e. The third-order valence-corrected chi connectivity index (χ3v) is 3.63. The standard InChI is InChI=1S/C16H23N3/c1-4-19(12(2)3)16-8-5-13(9-14(16)10-17)11-18-15-6-7-15/h5,8-9,12,15,18H,4,6-7,11H2,1-3H3. The lowest BCUT2D eigenvalue weighted by atomic mass is 10.1. The largest absolute Gasteiger partial charge is 0.368 e. The summed E-state index contributed by atoms with van der Waals surface area (Å²) in [4.78, 5) is 2.26. The van der Waals surface area contributed by atoms with Crippen LogP contribution in [0.1, 0.15) is 44.7 Å². The molecule has 0 unspecified atom stereocenters. The molecular formula is C16H23N3. The van der Waals surface area contributed by atoms with Gasteiger partial charge in [0.15, 0.2) is 0 Å². The van der Waals surface area contributed by atoms with E-state index in [9.17, 15) is 5.26 Å². The molecule has 0 heterocycles. The molecule has 0 saturated heterocycles. The lowest BCUT2D eigenvalue weighted by Crippen LogP contribution is -2.31. The fourth-order valence-electron chi connectivity index (χ4n) is 2.40. The van der Waals surface area contributed by atoms with Crippen LogP contribution in [0.15, 0.2) is 18.2 Å². The number of hydrogen-bond donors (Lipinski definition) is 1. The Balaban J connectivity index is 2.17. The smallest absolute Gasteiger partial charge is 0.101 e. The number of anilines is 1. The molecule has 0 radical (unpaired) electrons. The predicted octanol–water partition coefficient (Wildman–Crippen LogP) is 3.04. The fraction of sp³-hybridized carbons (Fsp3) is 0.562. The second-order valence-electron chi connectivity index (χ2n) is 5.50. The zero-order valence-electron chi connectivity index (χ0n) is 12.1. The van der Waals surface area contributed by atoms with Crippen LogP contribution in [-0.4, -0.2) is 18.6 Å². The van der Waals surface area contributed by atoms with Gasteiger partial charge in [0, 0.05) is 25.2 Å². The van der Waals surface area contributed by atoms with Crippen LogP contribution in [-0.2, 0) is 6.54 Å². The van der Waals surface area contributed by atoms with Crippen molar-refractivity contribution in [1.29, 1.82) is 5.26 Å². The van der Waals surface area contributed by atoms with Crippen molar-refractivity contribution in [3.63, 3.8) is 0 Å². The number of hydrogen-bond acceptors (Lipinski definition) is 3. The van der Waals surface area contributed by atoms with Crippen molar-refractivity contribution < 1.29 is 0 Å². The number of nitriles is 1. The number of nitrogens with zero attached hydrogens (tertiary/aromatic N) is 2. The molecule has 1 aromatic carbocycles. The van der Waals surface area contributed by atoms with Crippen molar-refractivity contribution in [3.05, 3.63) is 29.3 Å². The average Bonchev–Trinajstić information content (AvgIpc) is 3.21. The molecule has 1 aliphatic carbocycles. The van der Waals surface area contributed by atoms with Crippen molar-refractivity contribution in [2.24, 2.45) is 0 Å². The van der Waals surface area contributed by atoms with Gasteiger partial charge in [-0.15, -0.1) is 0 Å². The quantitative estimate of drug-likeness (QED) is 0.851. The van der Waals surface area contributed by atoms with Crippen LogP contribution in [0, 0.1) is 11.3 Å². The third-order valence-electron chi connectivity index (χ3n) is 3.63. The average molecular weight is 257 g/mol. The molecule has 0 spiro atoms. The van der Waals surface area contributed by atoms with E-state index in [4.69, 9.17) is 0 Å². The second kappa shape index (κ2) is 6.08. The maximum absolute atomic E-state index is 9.36. The first-order chi connectivity index (χ1) is 9.15. The molecular weight excluding hydrogens is 234 g/mol. The number of rotatable bonds is 6. The van der Waals surface area contributed by atoms with Crippen LogP contribution in [0.2, 0.25) is 0 Å². The Morgan fingerprint density at radius 3 is 2.68 bits per heavy atom. The SMILES string of the molecule is CCN(c1ccc(CNC2CC2)cc1C#N)C(C)C. The van der Waals surface area contributed by atoms with E-state index in [-0.39, 0.29) is 0 Å². The highest BCUT2D eigenvalue weighted by atomic mass is 15.1. The number of nitrogens with one attached hydrogen (secondary N) is 1. The van der Waals surface area contributed by atoms with Gasteiger partial charge >= 0.3 is 0 Å². The summed E-state index contributed by atoms with van der Waals surface area (Å²) in [6, 6.07) is 9.70.